The van der Waals surface area contributed by atoms with Gasteiger partial charge in [0.25, 0.3) is 5.91 Å². The zero-order valence-corrected chi connectivity index (χ0v) is 21.6. The van der Waals surface area contributed by atoms with E-state index in [1.54, 1.807) is 23.1 Å². The van der Waals surface area contributed by atoms with Gasteiger partial charge in [0.15, 0.2) is 0 Å². The van der Waals surface area contributed by atoms with Crippen LogP contribution in [0.3, 0.4) is 0 Å². The average Bonchev–Trinajstić information content (AvgIpc) is 3.13. The summed E-state index contributed by atoms with van der Waals surface area (Å²) in [7, 11) is 0. The normalized spacial score (nSPS) is 19.9. The van der Waals surface area contributed by atoms with Gasteiger partial charge in [-0.15, -0.1) is 0 Å². The Hall–Kier alpha value is -3.07. The number of amides is 3. The zero-order chi connectivity index (χ0) is 25.3. The summed E-state index contributed by atoms with van der Waals surface area (Å²) in [5.41, 5.74) is 1.60. The monoisotopic (exact) mass is 544 g/mol. The summed E-state index contributed by atoms with van der Waals surface area (Å²) in [6.07, 6.45) is -0.838. The highest BCUT2D eigenvalue weighted by Crippen LogP contribution is 2.35. The fraction of sp³-hybridized carbons (Fsp3) is 0.423. The molecule has 0 aliphatic carbocycles. The first-order valence-corrected chi connectivity index (χ1v) is 12.3. The molecule has 1 saturated heterocycles. The molecule has 186 valence electrons. The lowest BCUT2D eigenvalue weighted by Crippen LogP contribution is -2.46. The third-order valence-electron chi connectivity index (χ3n) is 6.26. The standard InChI is InChI=1S/C26H29BrN2O6/c1-26(2,3)35-25(33)28-11-10-21(16-4-7-19(27)8-5-16)18(13-28)15-34-20-9-6-17-14-29(24(31)32)23(30)22(17)12-20/h4-9,12,18,21H,10-11,13-15H2,1-3H3,(H,31,32)/t18-,21-/m0/s1. The summed E-state index contributed by atoms with van der Waals surface area (Å²) < 4.78 is 12.7. The number of benzene rings is 2. The average molecular weight is 545 g/mol. The Morgan fingerprint density at radius 3 is 2.51 bits per heavy atom. The SMILES string of the molecule is CC(C)(C)OC(=O)N1CC[C@@H](c2ccc(Br)cc2)[C@H](COc2ccc3c(c2)C(=O)N(C(=O)O)C3)C1. The Morgan fingerprint density at radius 2 is 1.86 bits per heavy atom. The number of fused-ring (bicyclic) bond motifs is 1. The van der Waals surface area contributed by atoms with Crippen LogP contribution in [0.4, 0.5) is 9.59 Å². The van der Waals surface area contributed by atoms with Gasteiger partial charge >= 0.3 is 12.2 Å². The number of nitrogens with zero attached hydrogens (tertiary/aromatic N) is 2. The Bertz CT molecular complexity index is 1130. The molecule has 2 aromatic rings. The van der Waals surface area contributed by atoms with Gasteiger partial charge in [0.1, 0.15) is 11.4 Å². The summed E-state index contributed by atoms with van der Waals surface area (Å²) in [5.74, 6) is 0.130. The second-order valence-corrected chi connectivity index (χ2v) is 10.9. The first-order valence-electron chi connectivity index (χ1n) is 11.6. The van der Waals surface area contributed by atoms with Crippen LogP contribution in [0.2, 0.25) is 0 Å². The van der Waals surface area contributed by atoms with Crippen molar-refractivity contribution in [2.45, 2.75) is 45.3 Å². The first kappa shape index (κ1) is 25.0. The van der Waals surface area contributed by atoms with Gasteiger partial charge in [0.05, 0.1) is 13.2 Å². The van der Waals surface area contributed by atoms with Crippen molar-refractivity contribution in [3.63, 3.8) is 0 Å². The molecule has 0 aromatic heterocycles. The van der Waals surface area contributed by atoms with E-state index < -0.39 is 17.6 Å². The number of halogens is 1. The molecule has 2 aliphatic heterocycles. The van der Waals surface area contributed by atoms with E-state index in [0.29, 0.717) is 36.6 Å². The van der Waals surface area contributed by atoms with Gasteiger partial charge in [-0.25, -0.2) is 14.5 Å². The van der Waals surface area contributed by atoms with E-state index in [4.69, 9.17) is 9.47 Å². The number of piperidine rings is 1. The van der Waals surface area contributed by atoms with Gasteiger partial charge in [0, 0.05) is 29.0 Å². The molecular weight excluding hydrogens is 516 g/mol. The number of carboxylic acid groups (broad SMARTS) is 1. The Balaban J connectivity index is 1.51. The third kappa shape index (κ3) is 5.78. The van der Waals surface area contributed by atoms with Crippen LogP contribution in [0, 0.1) is 5.92 Å². The molecule has 1 fully saturated rings. The van der Waals surface area contributed by atoms with E-state index >= 15 is 0 Å². The molecule has 2 aromatic carbocycles. The number of hydrogen-bond acceptors (Lipinski definition) is 5. The fourth-order valence-corrected chi connectivity index (χ4v) is 4.83. The predicted molar refractivity (Wildman–Crippen MR) is 133 cm³/mol. The van der Waals surface area contributed by atoms with Crippen molar-refractivity contribution in [2.75, 3.05) is 19.7 Å². The summed E-state index contributed by atoms with van der Waals surface area (Å²) in [4.78, 5) is 39.0. The lowest BCUT2D eigenvalue weighted by Gasteiger charge is -2.39. The highest BCUT2D eigenvalue weighted by atomic mass is 79.9. The van der Waals surface area contributed by atoms with Gasteiger partial charge in [-0.1, -0.05) is 34.1 Å². The molecule has 2 aliphatic rings. The molecule has 0 saturated carbocycles. The topological polar surface area (TPSA) is 96.4 Å². The molecular formula is C26H29BrN2O6. The molecule has 0 bridgehead atoms. The molecule has 9 heteroatoms. The molecule has 1 N–H and O–H groups in total. The van der Waals surface area contributed by atoms with E-state index in [2.05, 4.69) is 28.1 Å². The number of rotatable bonds is 4. The van der Waals surface area contributed by atoms with Crippen LogP contribution in [0.25, 0.3) is 0 Å². The Kier molecular flexibility index (Phi) is 7.07. The molecule has 35 heavy (non-hydrogen) atoms. The lowest BCUT2D eigenvalue weighted by atomic mass is 9.81. The van der Waals surface area contributed by atoms with Crippen LogP contribution < -0.4 is 4.74 Å². The highest BCUT2D eigenvalue weighted by Gasteiger charge is 2.35. The second kappa shape index (κ2) is 9.89. The quantitative estimate of drug-likeness (QED) is 0.545. The molecule has 0 radical (unpaired) electrons. The predicted octanol–water partition coefficient (Wildman–Crippen LogP) is 5.50. The zero-order valence-electron chi connectivity index (χ0n) is 20.0. The number of likely N-dealkylation sites (tertiary alicyclic amines) is 1. The van der Waals surface area contributed by atoms with Crippen LogP contribution >= 0.6 is 15.9 Å². The minimum Gasteiger partial charge on any atom is -0.493 e. The van der Waals surface area contributed by atoms with Crippen LogP contribution in [0.1, 0.15) is 54.6 Å². The Labute approximate surface area is 212 Å². The van der Waals surface area contributed by atoms with Crippen molar-refractivity contribution in [1.29, 1.82) is 0 Å². The number of carbonyl (C=O) groups is 3. The maximum absolute atomic E-state index is 12.7. The molecule has 0 unspecified atom stereocenters. The van der Waals surface area contributed by atoms with E-state index in [9.17, 15) is 19.5 Å². The van der Waals surface area contributed by atoms with Gasteiger partial charge in [-0.05, 0) is 68.5 Å². The van der Waals surface area contributed by atoms with Gasteiger partial charge in [-0.2, -0.15) is 0 Å². The summed E-state index contributed by atoms with van der Waals surface area (Å²) in [6.45, 7) is 6.98. The Morgan fingerprint density at radius 1 is 1.14 bits per heavy atom. The first-order chi connectivity index (χ1) is 16.5. The molecule has 3 amide bonds. The van der Waals surface area contributed by atoms with Crippen molar-refractivity contribution in [3.05, 3.63) is 63.6 Å². The van der Waals surface area contributed by atoms with E-state index in [-0.39, 0.29) is 24.5 Å². The number of imide groups is 1. The van der Waals surface area contributed by atoms with Crippen LogP contribution in [-0.2, 0) is 11.3 Å². The highest BCUT2D eigenvalue weighted by molar-refractivity contribution is 9.10. The van der Waals surface area contributed by atoms with Crippen molar-refractivity contribution < 1.29 is 29.0 Å². The van der Waals surface area contributed by atoms with Crippen LogP contribution in [0.5, 0.6) is 5.75 Å². The third-order valence-corrected chi connectivity index (χ3v) is 6.79. The fourth-order valence-electron chi connectivity index (χ4n) is 4.57. The van der Waals surface area contributed by atoms with Crippen molar-refractivity contribution >= 4 is 34.0 Å². The van der Waals surface area contributed by atoms with Crippen molar-refractivity contribution in [1.82, 2.24) is 9.80 Å². The van der Waals surface area contributed by atoms with Crippen LogP contribution in [0.15, 0.2) is 46.9 Å². The molecule has 2 heterocycles. The number of hydrogen-bond donors (Lipinski definition) is 1. The van der Waals surface area contributed by atoms with E-state index in [1.807, 2.05) is 32.9 Å². The summed E-state index contributed by atoms with van der Waals surface area (Å²) >= 11 is 3.48. The largest absolute Gasteiger partial charge is 0.493 e. The molecule has 8 nitrogen and oxygen atoms in total. The number of carbonyl (C=O) groups excluding carboxylic acids is 2. The van der Waals surface area contributed by atoms with Gasteiger partial charge in [-0.3, -0.25) is 4.79 Å². The lowest BCUT2D eigenvalue weighted by molar-refractivity contribution is 0.0111. The number of ether oxygens (including phenoxy) is 2. The minimum absolute atomic E-state index is 0.00285. The van der Waals surface area contributed by atoms with Crippen LogP contribution in [-0.4, -0.2) is 58.3 Å². The molecule has 2 atom stereocenters. The van der Waals surface area contributed by atoms with Crippen molar-refractivity contribution in [2.24, 2.45) is 5.92 Å². The van der Waals surface area contributed by atoms with Gasteiger partial charge in [0.2, 0.25) is 0 Å². The molecule has 0 spiro atoms. The maximum atomic E-state index is 12.7. The second-order valence-electron chi connectivity index (χ2n) is 9.94. The van der Waals surface area contributed by atoms with E-state index in [0.717, 1.165) is 15.8 Å². The van der Waals surface area contributed by atoms with Crippen molar-refractivity contribution in [3.8, 4) is 5.75 Å². The smallest absolute Gasteiger partial charge is 0.414 e. The van der Waals surface area contributed by atoms with E-state index in [1.165, 1.54) is 5.56 Å². The summed E-state index contributed by atoms with van der Waals surface area (Å²) in [6, 6.07) is 13.3. The van der Waals surface area contributed by atoms with Gasteiger partial charge < -0.3 is 19.5 Å². The minimum atomic E-state index is -1.27. The maximum Gasteiger partial charge on any atom is 0.414 e. The molecule has 4 rings (SSSR count). The summed E-state index contributed by atoms with van der Waals surface area (Å²) in [5, 5.41) is 9.22.